The lowest BCUT2D eigenvalue weighted by molar-refractivity contribution is 0.162. The summed E-state index contributed by atoms with van der Waals surface area (Å²) in [6.07, 6.45) is 4.11. The van der Waals surface area contributed by atoms with Gasteiger partial charge in [-0.15, -0.1) is 6.58 Å². The van der Waals surface area contributed by atoms with Crippen LogP contribution in [0, 0.1) is 0 Å². The fraction of sp³-hybridized carbons (Fsp3) is 0.529. The van der Waals surface area contributed by atoms with E-state index in [-0.39, 0.29) is 0 Å². The third-order valence-electron chi connectivity index (χ3n) is 3.87. The third kappa shape index (κ3) is 4.56. The normalized spacial score (nSPS) is 17.4. The molecule has 0 bridgehead atoms. The summed E-state index contributed by atoms with van der Waals surface area (Å²) < 4.78 is 6.97. The average Bonchev–Trinajstić information content (AvgIpc) is 2.51. The van der Waals surface area contributed by atoms with Gasteiger partial charge in [-0.1, -0.05) is 22.0 Å². The van der Waals surface area contributed by atoms with Gasteiger partial charge in [0.2, 0.25) is 0 Å². The zero-order chi connectivity index (χ0) is 15.1. The highest BCUT2D eigenvalue weighted by Gasteiger charge is 2.24. The molecule has 1 fully saturated rings. The van der Waals surface area contributed by atoms with Gasteiger partial charge in [-0.05, 0) is 38.0 Å². The largest absolute Gasteiger partial charge is 0.494 e. The number of halogens is 1. The smallest absolute Gasteiger partial charge is 0.124 e. The van der Waals surface area contributed by atoms with Crippen LogP contribution in [0.5, 0.6) is 5.75 Å². The van der Waals surface area contributed by atoms with E-state index in [4.69, 9.17) is 4.74 Å². The molecular weight excluding hydrogens is 328 g/mol. The van der Waals surface area contributed by atoms with E-state index in [0.717, 1.165) is 49.2 Å². The molecule has 0 spiro atoms. The number of hydrogen-bond acceptors (Lipinski definition) is 3. The molecule has 0 aromatic heterocycles. The fourth-order valence-electron chi connectivity index (χ4n) is 2.87. The molecule has 21 heavy (non-hydrogen) atoms. The standard InChI is InChI=1S/C17H25BrN2O/c1-3-5-6-16(20-11-9-19-10-12-20)15-13-14(18)7-8-17(15)21-4-2/h3,7-8,13,16,19H,1,4-6,9-12H2,2H3/t16-/m1/s1. The molecule has 4 heteroatoms. The van der Waals surface area contributed by atoms with Gasteiger partial charge in [0.05, 0.1) is 6.61 Å². The van der Waals surface area contributed by atoms with Crippen LogP contribution in [-0.4, -0.2) is 37.7 Å². The summed E-state index contributed by atoms with van der Waals surface area (Å²) in [6, 6.07) is 6.73. The van der Waals surface area contributed by atoms with Gasteiger partial charge in [0, 0.05) is 42.3 Å². The molecule has 1 N–H and O–H groups in total. The number of allylic oxidation sites excluding steroid dienone is 1. The van der Waals surface area contributed by atoms with Crippen molar-refractivity contribution >= 4 is 15.9 Å². The summed E-state index contributed by atoms with van der Waals surface area (Å²) in [4.78, 5) is 2.56. The molecule has 0 radical (unpaired) electrons. The maximum absolute atomic E-state index is 5.85. The van der Waals surface area contributed by atoms with Gasteiger partial charge in [0.25, 0.3) is 0 Å². The number of ether oxygens (including phenoxy) is 1. The van der Waals surface area contributed by atoms with Crippen LogP contribution in [0.4, 0.5) is 0 Å². The van der Waals surface area contributed by atoms with Crippen LogP contribution < -0.4 is 10.1 Å². The first-order valence-corrected chi connectivity index (χ1v) is 8.53. The molecule has 1 aromatic carbocycles. The fourth-order valence-corrected chi connectivity index (χ4v) is 3.25. The van der Waals surface area contributed by atoms with Crippen LogP contribution in [0.15, 0.2) is 35.3 Å². The van der Waals surface area contributed by atoms with E-state index in [0.29, 0.717) is 12.6 Å². The number of benzene rings is 1. The minimum Gasteiger partial charge on any atom is -0.494 e. The monoisotopic (exact) mass is 352 g/mol. The quantitative estimate of drug-likeness (QED) is 0.756. The van der Waals surface area contributed by atoms with Crippen molar-refractivity contribution in [1.29, 1.82) is 0 Å². The van der Waals surface area contributed by atoms with E-state index in [9.17, 15) is 0 Å². The second-order valence-electron chi connectivity index (χ2n) is 5.28. The molecule has 0 saturated carbocycles. The first kappa shape index (κ1) is 16.5. The predicted molar refractivity (Wildman–Crippen MR) is 91.9 cm³/mol. The van der Waals surface area contributed by atoms with E-state index < -0.39 is 0 Å². The minimum absolute atomic E-state index is 0.393. The highest BCUT2D eigenvalue weighted by atomic mass is 79.9. The van der Waals surface area contributed by atoms with Crippen molar-refractivity contribution in [3.8, 4) is 5.75 Å². The summed E-state index contributed by atoms with van der Waals surface area (Å²) in [6.45, 7) is 10.9. The van der Waals surface area contributed by atoms with E-state index in [2.05, 4.69) is 50.9 Å². The lowest BCUT2D eigenvalue weighted by atomic mass is 9.98. The lowest BCUT2D eigenvalue weighted by Gasteiger charge is -2.36. The van der Waals surface area contributed by atoms with Crippen molar-refractivity contribution < 1.29 is 4.74 Å². The van der Waals surface area contributed by atoms with E-state index in [1.165, 1.54) is 5.56 Å². The van der Waals surface area contributed by atoms with Crippen molar-refractivity contribution in [2.24, 2.45) is 0 Å². The molecule has 1 saturated heterocycles. The van der Waals surface area contributed by atoms with Crippen molar-refractivity contribution in [1.82, 2.24) is 10.2 Å². The predicted octanol–water partition coefficient (Wildman–Crippen LogP) is 3.76. The van der Waals surface area contributed by atoms with Crippen LogP contribution in [0.1, 0.15) is 31.4 Å². The Kier molecular flexibility index (Phi) is 6.74. The van der Waals surface area contributed by atoms with Crippen LogP contribution in [-0.2, 0) is 0 Å². The molecule has 2 rings (SSSR count). The SMILES string of the molecule is C=CCC[C@H](c1cc(Br)ccc1OCC)N1CCNCC1. The number of nitrogens with one attached hydrogen (secondary N) is 1. The number of piperazine rings is 1. The van der Waals surface area contributed by atoms with Crippen LogP contribution in [0.2, 0.25) is 0 Å². The molecule has 0 aliphatic carbocycles. The molecule has 1 heterocycles. The minimum atomic E-state index is 0.393. The Morgan fingerprint density at radius 1 is 1.43 bits per heavy atom. The van der Waals surface area contributed by atoms with Crippen molar-refractivity contribution in [2.75, 3.05) is 32.8 Å². The van der Waals surface area contributed by atoms with Gasteiger partial charge in [-0.2, -0.15) is 0 Å². The zero-order valence-corrected chi connectivity index (χ0v) is 14.4. The van der Waals surface area contributed by atoms with Gasteiger partial charge in [0.1, 0.15) is 5.75 Å². The molecule has 1 aliphatic heterocycles. The Balaban J connectivity index is 2.29. The Morgan fingerprint density at radius 2 is 2.19 bits per heavy atom. The maximum atomic E-state index is 5.85. The molecule has 1 aliphatic rings. The van der Waals surface area contributed by atoms with Gasteiger partial charge < -0.3 is 10.1 Å². The summed E-state index contributed by atoms with van der Waals surface area (Å²) in [7, 11) is 0. The van der Waals surface area contributed by atoms with Crippen molar-refractivity contribution in [2.45, 2.75) is 25.8 Å². The number of hydrogen-bond donors (Lipinski definition) is 1. The van der Waals surface area contributed by atoms with Crippen LogP contribution >= 0.6 is 15.9 Å². The summed E-state index contributed by atoms with van der Waals surface area (Å²) >= 11 is 3.60. The first-order valence-electron chi connectivity index (χ1n) is 7.74. The maximum Gasteiger partial charge on any atom is 0.124 e. The number of nitrogens with zero attached hydrogens (tertiary/aromatic N) is 1. The molecule has 3 nitrogen and oxygen atoms in total. The Labute approximate surface area is 136 Å². The summed E-state index contributed by atoms with van der Waals surface area (Å²) in [5.74, 6) is 1.01. The molecule has 1 aromatic rings. The second kappa shape index (κ2) is 8.57. The highest BCUT2D eigenvalue weighted by Crippen LogP contribution is 2.35. The first-order chi connectivity index (χ1) is 10.3. The summed E-state index contributed by atoms with van der Waals surface area (Å²) in [5, 5.41) is 3.43. The molecule has 1 atom stereocenters. The van der Waals surface area contributed by atoms with Crippen molar-refractivity contribution in [3.05, 3.63) is 40.9 Å². The average molecular weight is 353 g/mol. The molecule has 116 valence electrons. The zero-order valence-electron chi connectivity index (χ0n) is 12.8. The van der Waals surface area contributed by atoms with Gasteiger partial charge >= 0.3 is 0 Å². The van der Waals surface area contributed by atoms with Crippen molar-refractivity contribution in [3.63, 3.8) is 0 Å². The Hall–Kier alpha value is -0.840. The topological polar surface area (TPSA) is 24.5 Å². The van der Waals surface area contributed by atoms with E-state index >= 15 is 0 Å². The van der Waals surface area contributed by atoms with Crippen LogP contribution in [0.3, 0.4) is 0 Å². The van der Waals surface area contributed by atoms with Gasteiger partial charge in [0.15, 0.2) is 0 Å². The van der Waals surface area contributed by atoms with Crippen LogP contribution in [0.25, 0.3) is 0 Å². The molecule has 0 amide bonds. The molecular formula is C17H25BrN2O. The Bertz CT molecular complexity index is 458. The van der Waals surface area contributed by atoms with Gasteiger partial charge in [-0.25, -0.2) is 0 Å². The second-order valence-corrected chi connectivity index (χ2v) is 6.20. The molecule has 0 unspecified atom stereocenters. The highest BCUT2D eigenvalue weighted by molar-refractivity contribution is 9.10. The van der Waals surface area contributed by atoms with E-state index in [1.54, 1.807) is 0 Å². The lowest BCUT2D eigenvalue weighted by Crippen LogP contribution is -2.45. The van der Waals surface area contributed by atoms with Gasteiger partial charge in [-0.3, -0.25) is 4.90 Å². The Morgan fingerprint density at radius 3 is 2.86 bits per heavy atom. The number of rotatable bonds is 7. The summed E-state index contributed by atoms with van der Waals surface area (Å²) in [5.41, 5.74) is 1.29. The third-order valence-corrected chi connectivity index (χ3v) is 4.36. The van der Waals surface area contributed by atoms with E-state index in [1.807, 2.05) is 13.0 Å².